The number of aryl methyl sites for hydroxylation is 1. The average Bonchev–Trinajstić information content (AvgIpc) is 2.87. The van der Waals surface area contributed by atoms with E-state index in [0.29, 0.717) is 6.04 Å². The number of fused-ring (bicyclic) bond motifs is 1. The maximum atomic E-state index is 9.88. The van der Waals surface area contributed by atoms with E-state index in [1.807, 2.05) is 6.20 Å². The van der Waals surface area contributed by atoms with Crippen LogP contribution < -0.4 is 0 Å². The first kappa shape index (κ1) is 16.3. The third-order valence-corrected chi connectivity index (χ3v) is 4.50. The van der Waals surface area contributed by atoms with E-state index in [1.165, 1.54) is 5.56 Å². The minimum atomic E-state index is 0.244. The van der Waals surface area contributed by atoms with Crippen LogP contribution in [0.3, 0.4) is 0 Å². The summed E-state index contributed by atoms with van der Waals surface area (Å²) in [5.41, 5.74) is 3.96. The van der Waals surface area contributed by atoms with Crippen LogP contribution in [-0.4, -0.2) is 27.9 Å². The van der Waals surface area contributed by atoms with E-state index in [-0.39, 0.29) is 6.04 Å². The lowest BCUT2D eigenvalue weighted by Gasteiger charge is -2.32. The van der Waals surface area contributed by atoms with Crippen LogP contribution in [0.1, 0.15) is 50.6 Å². The molecule has 1 aliphatic rings. The van der Waals surface area contributed by atoms with Crippen molar-refractivity contribution >= 4 is 16.7 Å². The predicted molar refractivity (Wildman–Crippen MR) is 99.3 cm³/mol. The van der Waals surface area contributed by atoms with E-state index >= 15 is 0 Å². The summed E-state index contributed by atoms with van der Waals surface area (Å²) in [6.07, 6.45) is 3.91. The van der Waals surface area contributed by atoms with Crippen molar-refractivity contribution in [3.05, 3.63) is 47.3 Å². The van der Waals surface area contributed by atoms with E-state index in [2.05, 4.69) is 79.4 Å². The first-order valence-corrected chi connectivity index (χ1v) is 8.50. The van der Waals surface area contributed by atoms with Crippen molar-refractivity contribution in [1.29, 1.82) is 5.26 Å². The summed E-state index contributed by atoms with van der Waals surface area (Å²) in [5.74, 6) is 0.895. The third-order valence-electron chi connectivity index (χ3n) is 4.50. The Hall–Kier alpha value is -2.54. The lowest BCUT2D eigenvalue weighted by molar-refractivity contribution is 0.377. The largest absolute Gasteiger partial charge is 0.349 e. The molecule has 0 saturated carbocycles. The van der Waals surface area contributed by atoms with Gasteiger partial charge >= 0.3 is 0 Å². The fraction of sp³-hybridized carbons (Fsp3) is 0.400. The Balaban J connectivity index is 2.39. The molecule has 0 N–H and O–H groups in total. The number of nitriles is 1. The highest BCUT2D eigenvalue weighted by atomic mass is 15.2. The van der Waals surface area contributed by atoms with Crippen LogP contribution in [0.25, 0.3) is 10.9 Å². The second-order valence-corrected chi connectivity index (χ2v) is 6.90. The Labute approximate surface area is 143 Å². The number of rotatable bonds is 3. The van der Waals surface area contributed by atoms with Gasteiger partial charge in [-0.25, -0.2) is 4.99 Å². The van der Waals surface area contributed by atoms with Crippen LogP contribution >= 0.6 is 0 Å². The molecule has 24 heavy (non-hydrogen) atoms. The zero-order chi connectivity index (χ0) is 17.4. The van der Waals surface area contributed by atoms with Crippen LogP contribution in [0.5, 0.6) is 0 Å². The Morgan fingerprint density at radius 2 is 1.92 bits per heavy atom. The van der Waals surface area contributed by atoms with Crippen molar-refractivity contribution in [3.63, 3.8) is 0 Å². The van der Waals surface area contributed by atoms with E-state index in [4.69, 9.17) is 0 Å². The fourth-order valence-electron chi connectivity index (χ4n) is 3.39. The molecule has 124 valence electrons. The normalized spacial score (nSPS) is 14.6. The first-order chi connectivity index (χ1) is 11.5. The zero-order valence-corrected chi connectivity index (χ0v) is 15.0. The van der Waals surface area contributed by atoms with Crippen molar-refractivity contribution < 1.29 is 0 Å². The molecule has 0 atom stereocenters. The van der Waals surface area contributed by atoms with Gasteiger partial charge in [0.05, 0.1) is 11.1 Å². The van der Waals surface area contributed by atoms with Gasteiger partial charge in [-0.3, -0.25) is 0 Å². The molecule has 2 heterocycles. The second-order valence-electron chi connectivity index (χ2n) is 6.90. The van der Waals surface area contributed by atoms with Gasteiger partial charge in [0.2, 0.25) is 0 Å². The van der Waals surface area contributed by atoms with Crippen LogP contribution in [-0.2, 0) is 0 Å². The van der Waals surface area contributed by atoms with Gasteiger partial charge in [-0.2, -0.15) is 5.26 Å². The molecule has 1 aliphatic heterocycles. The smallest absolute Gasteiger partial charge is 0.154 e. The molecule has 0 unspecified atom stereocenters. The molecule has 0 saturated heterocycles. The molecule has 0 fully saturated rings. The minimum absolute atomic E-state index is 0.244. The second kappa shape index (κ2) is 6.16. The number of amidine groups is 1. The maximum Gasteiger partial charge on any atom is 0.154 e. The highest BCUT2D eigenvalue weighted by Crippen LogP contribution is 2.32. The van der Waals surface area contributed by atoms with Crippen LogP contribution in [0.2, 0.25) is 0 Å². The molecule has 1 aromatic heterocycles. The summed E-state index contributed by atoms with van der Waals surface area (Å²) < 4.78 is 2.26. The SMILES string of the molecule is Cc1ccc2c(C#N)c(C3=NC=CCN3C(C)C)n(C(C)C)c2c1. The summed E-state index contributed by atoms with van der Waals surface area (Å²) in [5, 5.41) is 10.9. The summed E-state index contributed by atoms with van der Waals surface area (Å²) >= 11 is 0. The number of hydrogen-bond donors (Lipinski definition) is 0. The average molecular weight is 320 g/mol. The Morgan fingerprint density at radius 3 is 2.54 bits per heavy atom. The molecule has 1 aromatic carbocycles. The van der Waals surface area contributed by atoms with Crippen LogP contribution in [0.15, 0.2) is 35.5 Å². The van der Waals surface area contributed by atoms with E-state index in [9.17, 15) is 5.26 Å². The van der Waals surface area contributed by atoms with Crippen molar-refractivity contribution in [2.24, 2.45) is 4.99 Å². The number of benzene rings is 1. The highest BCUT2D eigenvalue weighted by molar-refractivity contribution is 6.07. The molecule has 2 aromatic rings. The molecule has 0 aliphatic carbocycles. The number of hydrogen-bond acceptors (Lipinski definition) is 3. The van der Waals surface area contributed by atoms with Gasteiger partial charge in [0.15, 0.2) is 5.84 Å². The van der Waals surface area contributed by atoms with E-state index < -0.39 is 0 Å². The number of nitrogens with zero attached hydrogens (tertiary/aromatic N) is 4. The highest BCUT2D eigenvalue weighted by Gasteiger charge is 2.27. The molecule has 0 bridgehead atoms. The Kier molecular flexibility index (Phi) is 4.19. The van der Waals surface area contributed by atoms with Gasteiger partial charge in [0.25, 0.3) is 0 Å². The van der Waals surface area contributed by atoms with Gasteiger partial charge in [-0.05, 0) is 52.3 Å². The van der Waals surface area contributed by atoms with Gasteiger partial charge < -0.3 is 9.47 Å². The molecule has 4 nitrogen and oxygen atoms in total. The predicted octanol–water partition coefficient (Wildman–Crippen LogP) is 4.39. The summed E-state index contributed by atoms with van der Waals surface area (Å²) in [6.45, 7) is 11.5. The molecule has 4 heteroatoms. The quantitative estimate of drug-likeness (QED) is 0.842. The van der Waals surface area contributed by atoms with Crippen LogP contribution in [0.4, 0.5) is 0 Å². The van der Waals surface area contributed by atoms with Gasteiger partial charge in [-0.1, -0.05) is 12.1 Å². The van der Waals surface area contributed by atoms with Crippen molar-refractivity contribution in [2.75, 3.05) is 6.54 Å². The molecular weight excluding hydrogens is 296 g/mol. The summed E-state index contributed by atoms with van der Waals surface area (Å²) in [6, 6.07) is 9.30. The van der Waals surface area contributed by atoms with Crippen molar-refractivity contribution in [2.45, 2.75) is 46.7 Å². The molecule has 3 rings (SSSR count). The fourth-order valence-corrected chi connectivity index (χ4v) is 3.39. The molecule has 0 spiro atoms. The van der Waals surface area contributed by atoms with E-state index in [1.54, 1.807) is 0 Å². The van der Waals surface area contributed by atoms with Gasteiger partial charge in [0.1, 0.15) is 11.8 Å². The van der Waals surface area contributed by atoms with Crippen molar-refractivity contribution in [1.82, 2.24) is 9.47 Å². The summed E-state index contributed by atoms with van der Waals surface area (Å²) in [4.78, 5) is 6.91. The zero-order valence-electron chi connectivity index (χ0n) is 15.0. The first-order valence-electron chi connectivity index (χ1n) is 8.50. The molecule has 0 amide bonds. The third kappa shape index (κ3) is 2.50. The van der Waals surface area contributed by atoms with Gasteiger partial charge in [0, 0.05) is 30.2 Å². The minimum Gasteiger partial charge on any atom is -0.349 e. The lowest BCUT2D eigenvalue weighted by atomic mass is 10.1. The van der Waals surface area contributed by atoms with Gasteiger partial charge in [-0.15, -0.1) is 0 Å². The van der Waals surface area contributed by atoms with E-state index in [0.717, 1.165) is 34.5 Å². The molecule has 0 radical (unpaired) electrons. The summed E-state index contributed by atoms with van der Waals surface area (Å²) in [7, 11) is 0. The number of aliphatic imine (C=N–C) groups is 1. The van der Waals surface area contributed by atoms with Crippen molar-refractivity contribution in [3.8, 4) is 6.07 Å². The monoisotopic (exact) mass is 320 g/mol. The Bertz CT molecular complexity index is 875. The molecular formula is C20H24N4. The topological polar surface area (TPSA) is 44.3 Å². The standard InChI is InChI=1S/C20H24N4/c1-13(2)23-10-6-9-22-20(23)19-17(12-21)16-8-7-15(5)11-18(16)24(19)14(3)4/h6-9,11,13-14H,10H2,1-5H3. The van der Waals surface area contributed by atoms with Crippen LogP contribution in [0, 0.1) is 18.3 Å². The maximum absolute atomic E-state index is 9.88. The Morgan fingerprint density at radius 1 is 1.17 bits per heavy atom. The lowest BCUT2D eigenvalue weighted by Crippen LogP contribution is -2.40. The number of aromatic nitrogens is 1.